The topological polar surface area (TPSA) is 90.9 Å². The van der Waals surface area contributed by atoms with E-state index < -0.39 is 11.2 Å². The predicted octanol–water partition coefficient (Wildman–Crippen LogP) is 1.85. The van der Waals surface area contributed by atoms with E-state index in [1.54, 1.807) is 0 Å². The molecule has 0 atom stereocenters. The van der Waals surface area contributed by atoms with E-state index >= 15 is 0 Å². The Labute approximate surface area is 166 Å². The molecule has 148 valence electrons. The molecule has 9 heteroatoms. The molecule has 28 heavy (non-hydrogen) atoms. The number of imidazole rings is 1. The van der Waals surface area contributed by atoms with Crippen LogP contribution in [0.2, 0.25) is 5.02 Å². The maximum absolute atomic E-state index is 12.7. The lowest BCUT2D eigenvalue weighted by molar-refractivity contribution is -0.116. The summed E-state index contributed by atoms with van der Waals surface area (Å²) in [5, 5.41) is 3.54. The molecule has 0 spiro atoms. The van der Waals surface area contributed by atoms with Gasteiger partial charge in [-0.2, -0.15) is 0 Å². The highest BCUT2D eigenvalue weighted by atomic mass is 35.5. The van der Waals surface area contributed by atoms with Crippen molar-refractivity contribution < 1.29 is 4.79 Å². The Balaban J connectivity index is 1.99. The fraction of sp³-hybridized carbons (Fsp3) is 0.368. The molecule has 0 bridgehead atoms. The first-order valence-corrected chi connectivity index (χ1v) is 9.38. The Kier molecular flexibility index (Phi) is 5.42. The molecule has 0 saturated carbocycles. The average Bonchev–Trinajstić information content (AvgIpc) is 3.08. The van der Waals surface area contributed by atoms with Gasteiger partial charge in [0, 0.05) is 24.8 Å². The van der Waals surface area contributed by atoms with E-state index in [1.165, 1.54) is 29.6 Å². The summed E-state index contributed by atoms with van der Waals surface area (Å²) in [5.41, 5.74) is 2.07. The zero-order valence-electron chi connectivity index (χ0n) is 16.2. The molecule has 1 N–H and O–H groups in total. The number of hydrogen-bond acceptors (Lipinski definition) is 4. The SMILES string of the molecule is CCc1ccc(Cl)c(CC)c1NC(=O)Cn1cnc2c1c(=O)n(C)c(=O)n2C. The van der Waals surface area contributed by atoms with Crippen molar-refractivity contribution in [2.24, 2.45) is 14.1 Å². The summed E-state index contributed by atoms with van der Waals surface area (Å²) >= 11 is 6.29. The van der Waals surface area contributed by atoms with Crippen molar-refractivity contribution >= 4 is 34.4 Å². The standard InChI is InChI=1S/C19H22ClN5O3/c1-5-11-7-8-13(20)12(6-2)15(11)22-14(26)9-25-10-21-17-16(25)18(27)24(4)19(28)23(17)3/h7-8,10H,5-6,9H2,1-4H3,(H,22,26). The number of carbonyl (C=O) groups is 1. The summed E-state index contributed by atoms with van der Waals surface area (Å²) in [5.74, 6) is -0.304. The molecule has 0 unspecified atom stereocenters. The van der Waals surface area contributed by atoms with Crippen molar-refractivity contribution in [2.45, 2.75) is 33.2 Å². The third-order valence-corrected chi connectivity index (χ3v) is 5.23. The summed E-state index contributed by atoms with van der Waals surface area (Å²) in [6, 6.07) is 3.73. The Hall–Kier alpha value is -2.87. The minimum absolute atomic E-state index is 0.108. The molecule has 2 heterocycles. The fourth-order valence-electron chi connectivity index (χ4n) is 3.32. The number of halogens is 1. The Morgan fingerprint density at radius 2 is 1.86 bits per heavy atom. The van der Waals surface area contributed by atoms with Crippen LogP contribution >= 0.6 is 11.6 Å². The number of carbonyl (C=O) groups excluding carboxylic acids is 1. The van der Waals surface area contributed by atoms with Gasteiger partial charge in [-0.15, -0.1) is 0 Å². The highest BCUT2D eigenvalue weighted by Gasteiger charge is 2.18. The van der Waals surface area contributed by atoms with Crippen LogP contribution in [0.5, 0.6) is 0 Å². The minimum atomic E-state index is -0.491. The number of hydrogen-bond donors (Lipinski definition) is 1. The van der Waals surface area contributed by atoms with Crippen LogP contribution in [0.4, 0.5) is 5.69 Å². The fourth-order valence-corrected chi connectivity index (χ4v) is 3.61. The lowest BCUT2D eigenvalue weighted by atomic mass is 10.0. The average molecular weight is 404 g/mol. The second-order valence-electron chi connectivity index (χ2n) is 6.57. The minimum Gasteiger partial charge on any atom is -0.324 e. The number of anilines is 1. The van der Waals surface area contributed by atoms with E-state index in [2.05, 4.69) is 10.3 Å². The zero-order chi connectivity index (χ0) is 20.6. The van der Waals surface area contributed by atoms with E-state index in [0.717, 1.165) is 22.1 Å². The Morgan fingerprint density at radius 1 is 1.14 bits per heavy atom. The van der Waals surface area contributed by atoms with Crippen molar-refractivity contribution in [1.82, 2.24) is 18.7 Å². The number of nitrogens with one attached hydrogen (secondary N) is 1. The molecule has 3 rings (SSSR count). The second-order valence-corrected chi connectivity index (χ2v) is 6.97. The number of aromatic nitrogens is 4. The second kappa shape index (κ2) is 7.63. The first-order chi connectivity index (χ1) is 13.3. The summed E-state index contributed by atoms with van der Waals surface area (Å²) < 4.78 is 3.74. The third kappa shape index (κ3) is 3.24. The normalized spacial score (nSPS) is 11.2. The summed E-state index contributed by atoms with van der Waals surface area (Å²) in [7, 11) is 2.93. The van der Waals surface area contributed by atoms with Gasteiger partial charge in [0.2, 0.25) is 5.91 Å². The predicted molar refractivity (Wildman–Crippen MR) is 109 cm³/mol. The monoisotopic (exact) mass is 403 g/mol. The van der Waals surface area contributed by atoms with Gasteiger partial charge < -0.3 is 9.88 Å². The van der Waals surface area contributed by atoms with E-state index in [1.807, 2.05) is 26.0 Å². The van der Waals surface area contributed by atoms with Gasteiger partial charge in [0.15, 0.2) is 11.2 Å². The number of fused-ring (bicyclic) bond motifs is 1. The molecule has 2 aromatic heterocycles. The van der Waals surface area contributed by atoms with E-state index in [4.69, 9.17) is 11.6 Å². The number of aryl methyl sites for hydroxylation is 2. The maximum atomic E-state index is 12.7. The lowest BCUT2D eigenvalue weighted by Crippen LogP contribution is -2.37. The molecular weight excluding hydrogens is 382 g/mol. The van der Waals surface area contributed by atoms with Crippen molar-refractivity contribution in [3.05, 3.63) is 55.4 Å². The lowest BCUT2D eigenvalue weighted by Gasteiger charge is -2.16. The smallest absolute Gasteiger partial charge is 0.324 e. The van der Waals surface area contributed by atoms with Crippen LogP contribution in [0, 0.1) is 0 Å². The maximum Gasteiger partial charge on any atom is 0.332 e. The first kappa shape index (κ1) is 19.9. The van der Waals surface area contributed by atoms with Gasteiger partial charge in [-0.1, -0.05) is 31.5 Å². The molecule has 0 radical (unpaired) electrons. The van der Waals surface area contributed by atoms with Crippen LogP contribution in [0.15, 0.2) is 28.0 Å². The highest BCUT2D eigenvalue weighted by Crippen LogP contribution is 2.29. The molecule has 0 aliphatic heterocycles. The largest absolute Gasteiger partial charge is 0.332 e. The first-order valence-electron chi connectivity index (χ1n) is 9.01. The van der Waals surface area contributed by atoms with E-state index in [0.29, 0.717) is 17.1 Å². The van der Waals surface area contributed by atoms with Crippen LogP contribution in [0.1, 0.15) is 25.0 Å². The third-order valence-electron chi connectivity index (χ3n) is 4.87. The summed E-state index contributed by atoms with van der Waals surface area (Å²) in [6.45, 7) is 3.87. The molecule has 0 aliphatic rings. The van der Waals surface area contributed by atoms with Gasteiger partial charge in [-0.3, -0.25) is 18.7 Å². The van der Waals surface area contributed by atoms with Crippen LogP contribution < -0.4 is 16.6 Å². The van der Waals surface area contributed by atoms with Gasteiger partial charge in [0.05, 0.1) is 6.33 Å². The summed E-state index contributed by atoms with van der Waals surface area (Å²) in [4.78, 5) is 41.4. The van der Waals surface area contributed by atoms with Crippen molar-refractivity contribution in [1.29, 1.82) is 0 Å². The van der Waals surface area contributed by atoms with Gasteiger partial charge in [0.1, 0.15) is 6.54 Å². The number of nitrogens with zero attached hydrogens (tertiary/aromatic N) is 4. The van der Waals surface area contributed by atoms with Gasteiger partial charge in [-0.05, 0) is 30.0 Å². The quantitative estimate of drug-likeness (QED) is 0.703. The summed E-state index contributed by atoms with van der Waals surface area (Å²) in [6.07, 6.45) is 2.82. The zero-order valence-corrected chi connectivity index (χ0v) is 17.0. The molecule has 1 amide bonds. The number of rotatable bonds is 5. The van der Waals surface area contributed by atoms with Gasteiger partial charge in [0.25, 0.3) is 5.56 Å². The van der Waals surface area contributed by atoms with E-state index in [9.17, 15) is 14.4 Å². The molecule has 1 aromatic carbocycles. The molecule has 3 aromatic rings. The van der Waals surface area contributed by atoms with Crippen LogP contribution in [0.3, 0.4) is 0 Å². The van der Waals surface area contributed by atoms with Crippen molar-refractivity contribution in [3.8, 4) is 0 Å². The molecule has 0 aliphatic carbocycles. The number of benzene rings is 1. The molecular formula is C19H22ClN5O3. The van der Waals surface area contributed by atoms with Crippen LogP contribution in [-0.2, 0) is 38.3 Å². The molecule has 8 nitrogen and oxygen atoms in total. The van der Waals surface area contributed by atoms with E-state index in [-0.39, 0.29) is 23.6 Å². The van der Waals surface area contributed by atoms with Crippen molar-refractivity contribution in [2.75, 3.05) is 5.32 Å². The Bertz CT molecular complexity index is 1190. The Morgan fingerprint density at radius 3 is 2.50 bits per heavy atom. The molecule has 0 fully saturated rings. The van der Waals surface area contributed by atoms with Gasteiger partial charge in [-0.25, -0.2) is 9.78 Å². The van der Waals surface area contributed by atoms with Crippen molar-refractivity contribution in [3.63, 3.8) is 0 Å². The van der Waals surface area contributed by atoms with Crippen LogP contribution in [0.25, 0.3) is 11.2 Å². The van der Waals surface area contributed by atoms with Gasteiger partial charge >= 0.3 is 5.69 Å². The highest BCUT2D eigenvalue weighted by molar-refractivity contribution is 6.32. The van der Waals surface area contributed by atoms with Crippen LogP contribution in [-0.4, -0.2) is 24.6 Å². The molecule has 0 saturated heterocycles. The number of amides is 1.